The Hall–Kier alpha value is -2.67. The Balaban J connectivity index is 1.56. The molecule has 4 rings (SSSR count). The Morgan fingerprint density at radius 3 is 2.81 bits per heavy atom. The number of nitrogens with one attached hydrogen (secondary N) is 1. The third-order valence-corrected chi connectivity index (χ3v) is 7.24. The molecule has 1 saturated heterocycles. The Bertz CT molecular complexity index is 1070. The van der Waals surface area contributed by atoms with Gasteiger partial charge in [-0.05, 0) is 49.3 Å². The molecular formula is C24H30N4O2S. The number of fused-ring (bicyclic) bond motifs is 1. The predicted octanol–water partition coefficient (Wildman–Crippen LogP) is 4.17. The zero-order chi connectivity index (χ0) is 21.8. The van der Waals surface area contributed by atoms with Gasteiger partial charge in [-0.1, -0.05) is 31.0 Å². The molecule has 1 atom stereocenters. The van der Waals surface area contributed by atoms with Crippen LogP contribution in [0.5, 0.6) is 0 Å². The van der Waals surface area contributed by atoms with Crippen LogP contribution in [0.1, 0.15) is 53.5 Å². The number of benzene rings is 1. The highest BCUT2D eigenvalue weighted by Crippen LogP contribution is 2.34. The first-order valence-electron chi connectivity index (χ1n) is 11.1. The molecule has 0 saturated carbocycles. The molecular weight excluding hydrogens is 408 g/mol. The van der Waals surface area contributed by atoms with Crippen molar-refractivity contribution in [2.24, 2.45) is 0 Å². The molecule has 1 aliphatic rings. The molecule has 1 unspecified atom stereocenters. The zero-order valence-electron chi connectivity index (χ0n) is 18.3. The zero-order valence-corrected chi connectivity index (χ0v) is 19.1. The maximum absolute atomic E-state index is 13.1. The largest absolute Gasteiger partial charge is 0.349 e. The first-order chi connectivity index (χ1) is 15.0. The van der Waals surface area contributed by atoms with Crippen LogP contribution in [0.2, 0.25) is 0 Å². The number of carbonyl (C=O) groups is 2. The highest BCUT2D eigenvalue weighted by atomic mass is 32.1. The summed E-state index contributed by atoms with van der Waals surface area (Å²) in [5.41, 5.74) is 2.04. The maximum Gasteiger partial charge on any atom is 0.261 e. The summed E-state index contributed by atoms with van der Waals surface area (Å²) in [7, 11) is 0. The van der Waals surface area contributed by atoms with E-state index >= 15 is 0 Å². The van der Waals surface area contributed by atoms with Gasteiger partial charge in [0, 0.05) is 37.0 Å². The molecule has 1 N–H and O–H groups in total. The van der Waals surface area contributed by atoms with E-state index in [0.717, 1.165) is 64.9 Å². The first kappa shape index (κ1) is 21.6. The van der Waals surface area contributed by atoms with Gasteiger partial charge in [0.25, 0.3) is 5.91 Å². The third kappa shape index (κ3) is 4.98. The van der Waals surface area contributed by atoms with Crippen molar-refractivity contribution in [2.45, 2.75) is 58.5 Å². The van der Waals surface area contributed by atoms with E-state index in [1.54, 1.807) is 18.3 Å². The van der Waals surface area contributed by atoms with E-state index in [9.17, 15) is 9.59 Å². The second-order valence-corrected chi connectivity index (χ2v) is 9.35. The number of amides is 2. The van der Waals surface area contributed by atoms with Crippen molar-refractivity contribution in [1.29, 1.82) is 0 Å². The fourth-order valence-electron chi connectivity index (χ4n) is 4.48. The molecule has 1 aromatic carbocycles. The van der Waals surface area contributed by atoms with Gasteiger partial charge in [-0.3, -0.25) is 14.3 Å². The first-order valence-corrected chi connectivity index (χ1v) is 11.9. The number of hydrogen-bond acceptors (Lipinski definition) is 4. The van der Waals surface area contributed by atoms with Gasteiger partial charge in [0.05, 0.1) is 17.1 Å². The van der Waals surface area contributed by atoms with Gasteiger partial charge in [-0.15, -0.1) is 11.3 Å². The molecule has 0 aliphatic carbocycles. The van der Waals surface area contributed by atoms with Crippen LogP contribution in [0.3, 0.4) is 0 Å². The van der Waals surface area contributed by atoms with Crippen LogP contribution in [0, 0.1) is 6.92 Å². The normalized spacial score (nSPS) is 17.0. The SMILES string of the molecule is CC(=O)N1CCCCCC1Cc1c(C(=O)NCCn2ccc(C)n2)sc2ccccc12. The highest BCUT2D eigenvalue weighted by Gasteiger charge is 2.27. The number of nitrogens with zero attached hydrogens (tertiary/aromatic N) is 3. The number of aryl methyl sites for hydroxylation is 1. The number of aromatic nitrogens is 2. The number of carbonyl (C=O) groups excluding carboxylic acids is 2. The van der Waals surface area contributed by atoms with Crippen LogP contribution in [0.4, 0.5) is 0 Å². The standard InChI is InChI=1S/C24H30N4O2S/c1-17-11-14-27(26-17)15-12-25-24(30)23-21(20-9-5-6-10-22(20)31-23)16-19-8-4-3-7-13-28(19)18(2)29/h5-6,9-11,14,19H,3-4,7-8,12-13,15-16H2,1-2H3,(H,25,30). The second kappa shape index (κ2) is 9.64. The van der Waals surface area contributed by atoms with Crippen LogP contribution in [-0.2, 0) is 17.8 Å². The van der Waals surface area contributed by atoms with E-state index in [1.165, 1.54) is 0 Å². The number of thiophene rings is 1. The fourth-order valence-corrected chi connectivity index (χ4v) is 5.63. The van der Waals surface area contributed by atoms with Gasteiger partial charge in [-0.25, -0.2) is 0 Å². The lowest BCUT2D eigenvalue weighted by molar-refractivity contribution is -0.131. The molecule has 6 nitrogen and oxygen atoms in total. The molecule has 0 radical (unpaired) electrons. The molecule has 0 bridgehead atoms. The van der Waals surface area contributed by atoms with E-state index in [1.807, 2.05) is 40.9 Å². The molecule has 31 heavy (non-hydrogen) atoms. The Morgan fingerprint density at radius 1 is 1.19 bits per heavy atom. The molecule has 7 heteroatoms. The minimum atomic E-state index is -0.0388. The summed E-state index contributed by atoms with van der Waals surface area (Å²) in [4.78, 5) is 28.2. The number of likely N-dealkylation sites (tertiary alicyclic amines) is 1. The van der Waals surface area contributed by atoms with Crippen LogP contribution in [0.25, 0.3) is 10.1 Å². The quantitative estimate of drug-likeness (QED) is 0.628. The molecule has 0 spiro atoms. The van der Waals surface area contributed by atoms with Gasteiger partial charge in [0.1, 0.15) is 0 Å². The summed E-state index contributed by atoms with van der Waals surface area (Å²) in [6, 6.07) is 10.3. The van der Waals surface area contributed by atoms with E-state index in [0.29, 0.717) is 13.1 Å². The van der Waals surface area contributed by atoms with Crippen molar-refractivity contribution in [1.82, 2.24) is 20.0 Å². The van der Waals surface area contributed by atoms with Crippen molar-refractivity contribution < 1.29 is 9.59 Å². The Morgan fingerprint density at radius 2 is 2.03 bits per heavy atom. The lowest BCUT2D eigenvalue weighted by atomic mass is 9.98. The molecule has 3 aromatic rings. The van der Waals surface area contributed by atoms with Gasteiger partial charge >= 0.3 is 0 Å². The third-order valence-electron chi connectivity index (χ3n) is 6.03. The average Bonchev–Trinajstić information content (AvgIpc) is 3.24. The minimum Gasteiger partial charge on any atom is -0.349 e. The monoisotopic (exact) mass is 438 g/mol. The van der Waals surface area contributed by atoms with Gasteiger partial charge in [0.2, 0.25) is 5.91 Å². The van der Waals surface area contributed by atoms with Crippen molar-refractivity contribution in [2.75, 3.05) is 13.1 Å². The predicted molar refractivity (Wildman–Crippen MR) is 124 cm³/mol. The van der Waals surface area contributed by atoms with E-state index < -0.39 is 0 Å². The molecule has 164 valence electrons. The second-order valence-electron chi connectivity index (χ2n) is 8.30. The number of hydrogen-bond donors (Lipinski definition) is 1. The Labute approximate surface area is 187 Å². The van der Waals surface area contributed by atoms with Crippen LogP contribution in [-0.4, -0.2) is 45.6 Å². The van der Waals surface area contributed by atoms with Crippen molar-refractivity contribution in [3.8, 4) is 0 Å². The van der Waals surface area contributed by atoms with Crippen LogP contribution >= 0.6 is 11.3 Å². The Kier molecular flexibility index (Phi) is 6.70. The lowest BCUT2D eigenvalue weighted by Crippen LogP contribution is -2.40. The lowest BCUT2D eigenvalue weighted by Gasteiger charge is -2.29. The summed E-state index contributed by atoms with van der Waals surface area (Å²) in [6.07, 6.45) is 6.98. The van der Waals surface area contributed by atoms with E-state index in [2.05, 4.69) is 22.5 Å². The minimum absolute atomic E-state index is 0.0388. The smallest absolute Gasteiger partial charge is 0.261 e. The topological polar surface area (TPSA) is 67.2 Å². The summed E-state index contributed by atoms with van der Waals surface area (Å²) >= 11 is 1.55. The summed E-state index contributed by atoms with van der Waals surface area (Å²) < 4.78 is 2.96. The van der Waals surface area contributed by atoms with E-state index in [-0.39, 0.29) is 17.9 Å². The van der Waals surface area contributed by atoms with Gasteiger partial charge in [0.15, 0.2) is 0 Å². The van der Waals surface area contributed by atoms with Gasteiger partial charge in [-0.2, -0.15) is 5.10 Å². The van der Waals surface area contributed by atoms with Crippen molar-refractivity contribution in [3.63, 3.8) is 0 Å². The molecule has 1 aliphatic heterocycles. The number of rotatable bonds is 6. The maximum atomic E-state index is 13.1. The van der Waals surface area contributed by atoms with E-state index in [4.69, 9.17) is 0 Å². The molecule has 1 fully saturated rings. The van der Waals surface area contributed by atoms with Crippen LogP contribution in [0.15, 0.2) is 36.5 Å². The van der Waals surface area contributed by atoms with Crippen LogP contribution < -0.4 is 5.32 Å². The fraction of sp³-hybridized carbons (Fsp3) is 0.458. The molecule has 3 heterocycles. The van der Waals surface area contributed by atoms with Crippen molar-refractivity contribution >= 4 is 33.2 Å². The van der Waals surface area contributed by atoms with Gasteiger partial charge < -0.3 is 10.2 Å². The average molecular weight is 439 g/mol. The van der Waals surface area contributed by atoms with Crippen molar-refractivity contribution in [3.05, 3.63) is 52.7 Å². The highest BCUT2D eigenvalue weighted by molar-refractivity contribution is 7.21. The summed E-state index contributed by atoms with van der Waals surface area (Å²) in [6.45, 7) is 5.59. The summed E-state index contributed by atoms with van der Waals surface area (Å²) in [5.74, 6) is 0.0926. The molecule has 2 aromatic heterocycles. The summed E-state index contributed by atoms with van der Waals surface area (Å²) in [5, 5.41) is 8.58. The molecule has 2 amide bonds.